The van der Waals surface area contributed by atoms with Crippen molar-refractivity contribution in [3.05, 3.63) is 34.4 Å². The zero-order valence-electron chi connectivity index (χ0n) is 12.2. The fourth-order valence-electron chi connectivity index (χ4n) is 3.31. The smallest absolute Gasteiger partial charge is 0.0210 e. The number of aryl methyl sites for hydroxylation is 3. The van der Waals surface area contributed by atoms with Crippen molar-refractivity contribution in [1.82, 2.24) is 5.32 Å². The van der Waals surface area contributed by atoms with Crippen LogP contribution in [0.1, 0.15) is 54.4 Å². The summed E-state index contributed by atoms with van der Waals surface area (Å²) >= 11 is 0. The topological polar surface area (TPSA) is 12.0 Å². The van der Waals surface area contributed by atoms with Gasteiger partial charge in [-0.1, -0.05) is 43.4 Å². The summed E-state index contributed by atoms with van der Waals surface area (Å²) in [5.41, 5.74) is 5.73. The Hall–Kier alpha value is -0.820. The van der Waals surface area contributed by atoms with Crippen LogP contribution in [0.5, 0.6) is 0 Å². The maximum atomic E-state index is 3.63. The normalized spacial score (nSPS) is 16.4. The number of benzene rings is 1. The molecule has 1 heteroatoms. The van der Waals surface area contributed by atoms with Crippen molar-refractivity contribution in [2.24, 2.45) is 5.92 Å². The van der Waals surface area contributed by atoms with Gasteiger partial charge in [0.1, 0.15) is 0 Å². The molecular formula is C17H27N. The average Bonchev–Trinajstić information content (AvgIpc) is 2.79. The molecule has 0 spiro atoms. The SMILES string of the molecule is Cc1cc(C)c(CNCCC2CCCC2)c(C)c1. The predicted molar refractivity (Wildman–Crippen MR) is 78.9 cm³/mol. The number of hydrogen-bond acceptors (Lipinski definition) is 1. The second-order valence-corrected chi connectivity index (χ2v) is 5.99. The summed E-state index contributed by atoms with van der Waals surface area (Å²) in [6.07, 6.45) is 7.21. The molecule has 0 amide bonds. The highest BCUT2D eigenvalue weighted by molar-refractivity contribution is 5.37. The fourth-order valence-corrected chi connectivity index (χ4v) is 3.31. The Labute approximate surface area is 112 Å². The monoisotopic (exact) mass is 245 g/mol. The lowest BCUT2D eigenvalue weighted by atomic mass is 9.99. The summed E-state index contributed by atoms with van der Waals surface area (Å²) in [6.45, 7) is 8.85. The molecular weight excluding hydrogens is 218 g/mol. The van der Waals surface area contributed by atoms with Crippen molar-refractivity contribution in [3.63, 3.8) is 0 Å². The van der Waals surface area contributed by atoms with E-state index in [1.807, 2.05) is 0 Å². The molecule has 2 rings (SSSR count). The van der Waals surface area contributed by atoms with E-state index >= 15 is 0 Å². The van der Waals surface area contributed by atoms with Gasteiger partial charge in [0.25, 0.3) is 0 Å². The second-order valence-electron chi connectivity index (χ2n) is 5.99. The van der Waals surface area contributed by atoms with Crippen molar-refractivity contribution < 1.29 is 0 Å². The summed E-state index contributed by atoms with van der Waals surface area (Å²) in [5, 5.41) is 3.63. The summed E-state index contributed by atoms with van der Waals surface area (Å²) in [6, 6.07) is 4.59. The molecule has 1 N–H and O–H groups in total. The molecule has 1 saturated carbocycles. The van der Waals surface area contributed by atoms with Gasteiger partial charge in [-0.2, -0.15) is 0 Å². The Kier molecular flexibility index (Phi) is 4.82. The summed E-state index contributed by atoms with van der Waals surface area (Å²) in [7, 11) is 0. The molecule has 1 fully saturated rings. The minimum atomic E-state index is 0.998. The van der Waals surface area contributed by atoms with E-state index in [0.717, 1.165) is 12.5 Å². The molecule has 0 radical (unpaired) electrons. The molecule has 0 aromatic heterocycles. The van der Waals surface area contributed by atoms with Gasteiger partial charge in [0.05, 0.1) is 0 Å². The highest BCUT2D eigenvalue weighted by Crippen LogP contribution is 2.27. The molecule has 1 aromatic rings. The summed E-state index contributed by atoms with van der Waals surface area (Å²) < 4.78 is 0. The minimum absolute atomic E-state index is 0.998. The summed E-state index contributed by atoms with van der Waals surface area (Å²) in [4.78, 5) is 0. The van der Waals surface area contributed by atoms with E-state index in [2.05, 4.69) is 38.2 Å². The van der Waals surface area contributed by atoms with Crippen LogP contribution in [-0.4, -0.2) is 6.54 Å². The van der Waals surface area contributed by atoms with E-state index in [1.54, 1.807) is 0 Å². The first kappa shape index (κ1) is 13.6. The third-order valence-corrected chi connectivity index (χ3v) is 4.35. The van der Waals surface area contributed by atoms with Gasteiger partial charge in [-0.15, -0.1) is 0 Å². The lowest BCUT2D eigenvalue weighted by molar-refractivity contribution is 0.477. The van der Waals surface area contributed by atoms with Crippen LogP contribution >= 0.6 is 0 Å². The van der Waals surface area contributed by atoms with Crippen LogP contribution in [-0.2, 0) is 6.54 Å². The van der Waals surface area contributed by atoms with E-state index in [4.69, 9.17) is 0 Å². The largest absolute Gasteiger partial charge is 0.313 e. The van der Waals surface area contributed by atoms with E-state index in [1.165, 1.54) is 60.9 Å². The lowest BCUT2D eigenvalue weighted by Gasteiger charge is -2.14. The van der Waals surface area contributed by atoms with Crippen molar-refractivity contribution >= 4 is 0 Å². The molecule has 1 nitrogen and oxygen atoms in total. The van der Waals surface area contributed by atoms with Gasteiger partial charge >= 0.3 is 0 Å². The standard InChI is InChI=1S/C17H27N/c1-13-10-14(2)17(15(3)11-13)12-18-9-8-16-6-4-5-7-16/h10-11,16,18H,4-9,12H2,1-3H3. The first-order chi connectivity index (χ1) is 8.66. The van der Waals surface area contributed by atoms with E-state index in [-0.39, 0.29) is 0 Å². The lowest BCUT2D eigenvalue weighted by Crippen LogP contribution is -2.18. The molecule has 0 heterocycles. The Morgan fingerprint density at radius 2 is 1.67 bits per heavy atom. The molecule has 1 aliphatic rings. The Balaban J connectivity index is 1.79. The predicted octanol–water partition coefficient (Wildman–Crippen LogP) is 4.28. The Bertz CT molecular complexity index is 366. The van der Waals surface area contributed by atoms with Crippen molar-refractivity contribution in [2.75, 3.05) is 6.54 Å². The number of hydrogen-bond donors (Lipinski definition) is 1. The number of rotatable bonds is 5. The maximum Gasteiger partial charge on any atom is 0.0210 e. The highest BCUT2D eigenvalue weighted by atomic mass is 14.8. The second kappa shape index (κ2) is 6.38. The van der Waals surface area contributed by atoms with Gasteiger partial charge in [-0.05, 0) is 56.3 Å². The Morgan fingerprint density at radius 3 is 2.28 bits per heavy atom. The van der Waals surface area contributed by atoms with Crippen LogP contribution in [0.3, 0.4) is 0 Å². The zero-order chi connectivity index (χ0) is 13.0. The minimum Gasteiger partial charge on any atom is -0.313 e. The van der Waals surface area contributed by atoms with Crippen molar-refractivity contribution in [1.29, 1.82) is 0 Å². The maximum absolute atomic E-state index is 3.63. The van der Waals surface area contributed by atoms with Crippen LogP contribution in [0.15, 0.2) is 12.1 Å². The Morgan fingerprint density at radius 1 is 1.06 bits per heavy atom. The molecule has 0 unspecified atom stereocenters. The molecule has 0 atom stereocenters. The van der Waals surface area contributed by atoms with Gasteiger partial charge < -0.3 is 5.32 Å². The molecule has 0 saturated heterocycles. The van der Waals surface area contributed by atoms with E-state index < -0.39 is 0 Å². The van der Waals surface area contributed by atoms with E-state index in [0.29, 0.717) is 0 Å². The van der Waals surface area contributed by atoms with E-state index in [9.17, 15) is 0 Å². The molecule has 18 heavy (non-hydrogen) atoms. The molecule has 1 aliphatic carbocycles. The first-order valence-electron chi connectivity index (χ1n) is 7.44. The van der Waals surface area contributed by atoms with Gasteiger partial charge in [-0.3, -0.25) is 0 Å². The average molecular weight is 245 g/mol. The van der Waals surface area contributed by atoms with Crippen LogP contribution < -0.4 is 5.32 Å². The third-order valence-electron chi connectivity index (χ3n) is 4.35. The van der Waals surface area contributed by atoms with Crippen LogP contribution in [0.25, 0.3) is 0 Å². The van der Waals surface area contributed by atoms with Crippen LogP contribution in [0.4, 0.5) is 0 Å². The van der Waals surface area contributed by atoms with Gasteiger partial charge in [0, 0.05) is 6.54 Å². The van der Waals surface area contributed by atoms with Crippen LogP contribution in [0, 0.1) is 26.7 Å². The molecule has 100 valence electrons. The first-order valence-corrected chi connectivity index (χ1v) is 7.44. The molecule has 0 bridgehead atoms. The van der Waals surface area contributed by atoms with Crippen LogP contribution in [0.2, 0.25) is 0 Å². The zero-order valence-corrected chi connectivity index (χ0v) is 12.2. The highest BCUT2D eigenvalue weighted by Gasteiger charge is 2.14. The molecule has 0 aliphatic heterocycles. The summed E-state index contributed by atoms with van der Waals surface area (Å²) in [5.74, 6) is 0.998. The van der Waals surface area contributed by atoms with Gasteiger partial charge in [0.2, 0.25) is 0 Å². The fraction of sp³-hybridized carbons (Fsp3) is 0.647. The van der Waals surface area contributed by atoms with Crippen molar-refractivity contribution in [3.8, 4) is 0 Å². The van der Waals surface area contributed by atoms with Crippen molar-refractivity contribution in [2.45, 2.75) is 59.4 Å². The van der Waals surface area contributed by atoms with Gasteiger partial charge in [-0.25, -0.2) is 0 Å². The van der Waals surface area contributed by atoms with Gasteiger partial charge in [0.15, 0.2) is 0 Å². The molecule has 1 aromatic carbocycles. The third kappa shape index (κ3) is 3.58. The number of nitrogens with one attached hydrogen (secondary N) is 1. The quantitative estimate of drug-likeness (QED) is 0.763.